The molecular weight excluding hydrogens is 430 g/mol. The summed E-state index contributed by atoms with van der Waals surface area (Å²) in [5.74, 6) is 0.195. The van der Waals surface area contributed by atoms with E-state index in [0.29, 0.717) is 17.8 Å². The molecule has 1 aliphatic heterocycles. The first-order valence-corrected chi connectivity index (χ1v) is 10.5. The van der Waals surface area contributed by atoms with Crippen LogP contribution in [0.4, 0.5) is 0 Å². The largest absolute Gasteiger partial charge is 0.334 e. The van der Waals surface area contributed by atoms with Crippen LogP contribution in [0.2, 0.25) is 0 Å². The molecule has 4 nitrogen and oxygen atoms in total. The third kappa shape index (κ3) is 3.64. The smallest absolute Gasteiger partial charge is 0.264 e. The Morgan fingerprint density at radius 1 is 1.50 bits per heavy atom. The summed E-state index contributed by atoms with van der Waals surface area (Å²) in [6.07, 6.45) is 1.36. The fourth-order valence-corrected chi connectivity index (χ4v) is 6.03. The predicted octanol–water partition coefficient (Wildman–Crippen LogP) is 3.31. The maximum absolute atomic E-state index is 12.6. The van der Waals surface area contributed by atoms with E-state index in [0.717, 1.165) is 14.7 Å². The fourth-order valence-electron chi connectivity index (χ4n) is 2.31. The molecular formula is C12H15Br2NO3S2. The highest BCUT2D eigenvalue weighted by Gasteiger charge is 2.35. The van der Waals surface area contributed by atoms with Crippen molar-refractivity contribution < 1.29 is 13.2 Å². The topological polar surface area (TPSA) is 54.5 Å². The molecule has 0 aromatic carbocycles. The number of amides is 1. The Bertz CT molecular complexity index is 593. The molecule has 0 N–H and O–H groups in total. The first kappa shape index (κ1) is 16.5. The second kappa shape index (κ2) is 6.46. The lowest BCUT2D eigenvalue weighted by Crippen LogP contribution is -2.41. The highest BCUT2D eigenvalue weighted by Crippen LogP contribution is 2.33. The van der Waals surface area contributed by atoms with Crippen molar-refractivity contribution in [2.75, 3.05) is 18.1 Å². The molecule has 0 spiro atoms. The van der Waals surface area contributed by atoms with Crippen LogP contribution < -0.4 is 0 Å². The molecule has 1 unspecified atom stereocenters. The van der Waals surface area contributed by atoms with E-state index in [9.17, 15) is 13.2 Å². The summed E-state index contributed by atoms with van der Waals surface area (Å²) < 4.78 is 25.0. The van der Waals surface area contributed by atoms with Gasteiger partial charge in [-0.2, -0.15) is 0 Å². The standard InChI is InChI=1S/C12H15Br2NO3S2/c1-2-4-15(8-3-5-20(17,18)7-8)12(16)10-6-9(13)11(14)19-10/h6,8H,2-5,7H2,1H3. The first-order chi connectivity index (χ1) is 9.34. The van der Waals surface area contributed by atoms with Crippen LogP contribution >= 0.6 is 43.2 Å². The van der Waals surface area contributed by atoms with Crippen LogP contribution in [0.25, 0.3) is 0 Å². The van der Waals surface area contributed by atoms with Crippen molar-refractivity contribution in [3.63, 3.8) is 0 Å². The first-order valence-electron chi connectivity index (χ1n) is 6.30. The van der Waals surface area contributed by atoms with Gasteiger partial charge in [-0.05, 0) is 50.8 Å². The molecule has 1 aromatic heterocycles. The molecule has 20 heavy (non-hydrogen) atoms. The van der Waals surface area contributed by atoms with E-state index in [1.807, 2.05) is 6.92 Å². The Kier molecular flexibility index (Phi) is 5.31. The Labute approximate surface area is 139 Å². The van der Waals surface area contributed by atoms with Gasteiger partial charge in [0.05, 0.1) is 20.2 Å². The molecule has 1 amide bonds. The van der Waals surface area contributed by atoms with Gasteiger partial charge in [-0.15, -0.1) is 11.3 Å². The van der Waals surface area contributed by atoms with E-state index in [-0.39, 0.29) is 23.5 Å². The summed E-state index contributed by atoms with van der Waals surface area (Å²) in [5.41, 5.74) is 0. The minimum Gasteiger partial charge on any atom is -0.334 e. The van der Waals surface area contributed by atoms with Gasteiger partial charge in [-0.25, -0.2) is 8.42 Å². The number of hydrogen-bond acceptors (Lipinski definition) is 4. The molecule has 8 heteroatoms. The van der Waals surface area contributed by atoms with Crippen LogP contribution in [0.3, 0.4) is 0 Å². The number of hydrogen-bond donors (Lipinski definition) is 0. The van der Waals surface area contributed by atoms with Gasteiger partial charge in [0.15, 0.2) is 9.84 Å². The van der Waals surface area contributed by atoms with Crippen LogP contribution in [-0.2, 0) is 9.84 Å². The maximum Gasteiger partial charge on any atom is 0.264 e. The van der Waals surface area contributed by atoms with Gasteiger partial charge in [0.1, 0.15) is 0 Å². The van der Waals surface area contributed by atoms with E-state index in [2.05, 4.69) is 31.9 Å². The van der Waals surface area contributed by atoms with Gasteiger partial charge in [-0.3, -0.25) is 4.79 Å². The summed E-state index contributed by atoms with van der Waals surface area (Å²) in [7, 11) is -2.99. The Balaban J connectivity index is 2.22. The minimum atomic E-state index is -2.99. The average molecular weight is 445 g/mol. The van der Waals surface area contributed by atoms with E-state index in [4.69, 9.17) is 0 Å². The van der Waals surface area contributed by atoms with Crippen LogP contribution in [0.1, 0.15) is 29.4 Å². The average Bonchev–Trinajstić information content (AvgIpc) is 2.89. The number of nitrogens with zero attached hydrogens (tertiary/aromatic N) is 1. The van der Waals surface area contributed by atoms with Crippen LogP contribution in [-0.4, -0.2) is 43.3 Å². The number of carbonyl (C=O) groups is 1. The summed E-state index contributed by atoms with van der Waals surface area (Å²) in [6, 6.07) is 1.59. The van der Waals surface area contributed by atoms with E-state index in [1.54, 1.807) is 11.0 Å². The molecule has 1 aliphatic rings. The van der Waals surface area contributed by atoms with E-state index in [1.165, 1.54) is 11.3 Å². The molecule has 1 aromatic rings. The van der Waals surface area contributed by atoms with Gasteiger partial charge in [0.2, 0.25) is 0 Å². The number of thiophene rings is 1. The van der Waals surface area contributed by atoms with Crippen molar-refractivity contribution >= 4 is 58.9 Å². The normalized spacial score (nSPS) is 21.1. The van der Waals surface area contributed by atoms with Gasteiger partial charge in [0, 0.05) is 17.1 Å². The molecule has 112 valence electrons. The molecule has 0 bridgehead atoms. The molecule has 0 radical (unpaired) electrons. The Morgan fingerprint density at radius 2 is 2.20 bits per heavy atom. The van der Waals surface area contributed by atoms with Crippen molar-refractivity contribution in [3.8, 4) is 0 Å². The highest BCUT2D eigenvalue weighted by atomic mass is 79.9. The van der Waals surface area contributed by atoms with Crippen molar-refractivity contribution in [2.45, 2.75) is 25.8 Å². The molecule has 1 saturated heterocycles. The lowest BCUT2D eigenvalue weighted by Gasteiger charge is -2.27. The molecule has 0 aliphatic carbocycles. The summed E-state index contributed by atoms with van der Waals surface area (Å²) in [5, 5.41) is 0. The van der Waals surface area contributed by atoms with Gasteiger partial charge in [-0.1, -0.05) is 6.92 Å². The third-order valence-electron chi connectivity index (χ3n) is 3.23. The van der Waals surface area contributed by atoms with E-state index < -0.39 is 9.84 Å². The highest BCUT2D eigenvalue weighted by molar-refractivity contribution is 9.13. The second-order valence-electron chi connectivity index (χ2n) is 4.79. The summed E-state index contributed by atoms with van der Waals surface area (Å²) in [4.78, 5) is 14.9. The predicted molar refractivity (Wildman–Crippen MR) is 88.1 cm³/mol. The van der Waals surface area contributed by atoms with Crippen molar-refractivity contribution in [1.82, 2.24) is 4.90 Å². The molecule has 2 rings (SSSR count). The van der Waals surface area contributed by atoms with Crippen LogP contribution in [0.5, 0.6) is 0 Å². The minimum absolute atomic E-state index is 0.0784. The Hall–Kier alpha value is 0.0800. The van der Waals surface area contributed by atoms with E-state index >= 15 is 0 Å². The van der Waals surface area contributed by atoms with Crippen LogP contribution in [0, 0.1) is 0 Å². The van der Waals surface area contributed by atoms with Crippen molar-refractivity contribution in [2.24, 2.45) is 0 Å². The lowest BCUT2D eigenvalue weighted by atomic mass is 10.2. The zero-order chi connectivity index (χ0) is 14.9. The summed E-state index contributed by atoms with van der Waals surface area (Å²) in [6.45, 7) is 2.58. The lowest BCUT2D eigenvalue weighted by molar-refractivity contribution is 0.0702. The van der Waals surface area contributed by atoms with Crippen molar-refractivity contribution in [1.29, 1.82) is 0 Å². The Morgan fingerprint density at radius 3 is 2.65 bits per heavy atom. The molecule has 1 atom stereocenters. The third-order valence-corrected chi connectivity index (χ3v) is 8.23. The second-order valence-corrected chi connectivity index (χ2v) is 10.2. The monoisotopic (exact) mass is 443 g/mol. The summed E-state index contributed by atoms with van der Waals surface area (Å²) >= 11 is 8.11. The van der Waals surface area contributed by atoms with Crippen molar-refractivity contribution in [3.05, 3.63) is 19.2 Å². The van der Waals surface area contributed by atoms with Gasteiger partial charge < -0.3 is 4.90 Å². The van der Waals surface area contributed by atoms with Gasteiger partial charge in [0.25, 0.3) is 5.91 Å². The zero-order valence-corrected chi connectivity index (χ0v) is 15.7. The molecule has 2 heterocycles. The fraction of sp³-hybridized carbons (Fsp3) is 0.583. The van der Waals surface area contributed by atoms with Gasteiger partial charge >= 0.3 is 0 Å². The quantitative estimate of drug-likeness (QED) is 0.715. The molecule has 1 fully saturated rings. The maximum atomic E-state index is 12.6. The number of rotatable bonds is 4. The zero-order valence-electron chi connectivity index (χ0n) is 10.9. The number of carbonyl (C=O) groups excluding carboxylic acids is 1. The van der Waals surface area contributed by atoms with Crippen LogP contribution in [0.15, 0.2) is 14.3 Å². The SMILES string of the molecule is CCCN(C(=O)c1cc(Br)c(Br)s1)C1CCS(=O)(=O)C1. The number of halogens is 2. The number of sulfone groups is 1. The molecule has 0 saturated carbocycles.